The molecule has 0 unspecified atom stereocenters. The van der Waals surface area contributed by atoms with E-state index in [1.54, 1.807) is 24.3 Å². The summed E-state index contributed by atoms with van der Waals surface area (Å²) in [5.74, 6) is -1.56. The molecule has 1 heterocycles. The summed E-state index contributed by atoms with van der Waals surface area (Å²) in [6, 6.07) is 12.2. The SMILES string of the molecule is COC(=O)c1ccc(NC(=O)[C@H]2CC(=O)N(c3ccc(S(=O)(=O)N(C)C)cc3)C2)cc1. The molecule has 3 rings (SSSR count). The van der Waals surface area contributed by atoms with E-state index in [4.69, 9.17) is 0 Å². The van der Waals surface area contributed by atoms with Gasteiger partial charge in [-0.1, -0.05) is 0 Å². The van der Waals surface area contributed by atoms with E-state index in [-0.39, 0.29) is 29.7 Å². The zero-order chi connectivity index (χ0) is 22.8. The minimum Gasteiger partial charge on any atom is -0.465 e. The van der Waals surface area contributed by atoms with E-state index in [0.29, 0.717) is 16.9 Å². The van der Waals surface area contributed by atoms with Gasteiger partial charge in [-0.2, -0.15) is 0 Å². The molecule has 0 spiro atoms. The van der Waals surface area contributed by atoms with Crippen LogP contribution < -0.4 is 10.2 Å². The number of hydrogen-bond donors (Lipinski definition) is 1. The molecule has 2 amide bonds. The summed E-state index contributed by atoms with van der Waals surface area (Å²) in [4.78, 5) is 38.1. The van der Waals surface area contributed by atoms with Gasteiger partial charge in [0, 0.05) is 38.4 Å². The van der Waals surface area contributed by atoms with Crippen LogP contribution in [0.15, 0.2) is 53.4 Å². The van der Waals surface area contributed by atoms with E-state index >= 15 is 0 Å². The first-order chi connectivity index (χ1) is 14.6. The summed E-state index contributed by atoms with van der Waals surface area (Å²) >= 11 is 0. The maximum atomic E-state index is 12.6. The van der Waals surface area contributed by atoms with Gasteiger partial charge in [-0.3, -0.25) is 9.59 Å². The Hall–Kier alpha value is -3.24. The highest BCUT2D eigenvalue weighted by Gasteiger charge is 2.35. The van der Waals surface area contributed by atoms with Gasteiger partial charge in [0.25, 0.3) is 0 Å². The molecule has 1 saturated heterocycles. The van der Waals surface area contributed by atoms with Crippen molar-refractivity contribution in [3.05, 3.63) is 54.1 Å². The predicted octanol–water partition coefficient (Wildman–Crippen LogP) is 1.72. The molecule has 0 aromatic heterocycles. The van der Waals surface area contributed by atoms with E-state index in [1.165, 1.54) is 50.4 Å². The molecule has 0 aliphatic carbocycles. The van der Waals surface area contributed by atoms with Crippen molar-refractivity contribution in [1.82, 2.24) is 4.31 Å². The second-order valence-corrected chi connectivity index (χ2v) is 9.40. The van der Waals surface area contributed by atoms with Crippen molar-refractivity contribution in [3.8, 4) is 0 Å². The van der Waals surface area contributed by atoms with Gasteiger partial charge < -0.3 is 15.0 Å². The Balaban J connectivity index is 1.67. The van der Waals surface area contributed by atoms with Crippen LogP contribution in [-0.4, -0.2) is 58.3 Å². The average Bonchev–Trinajstić information content (AvgIpc) is 3.15. The number of nitrogens with zero attached hydrogens (tertiary/aromatic N) is 2. The predicted molar refractivity (Wildman–Crippen MR) is 114 cm³/mol. The Morgan fingerprint density at radius 2 is 1.68 bits per heavy atom. The van der Waals surface area contributed by atoms with Crippen LogP contribution in [0.25, 0.3) is 0 Å². The van der Waals surface area contributed by atoms with E-state index in [2.05, 4.69) is 10.1 Å². The van der Waals surface area contributed by atoms with Crippen LogP contribution in [0.4, 0.5) is 11.4 Å². The highest BCUT2D eigenvalue weighted by Crippen LogP contribution is 2.27. The van der Waals surface area contributed by atoms with Crippen molar-refractivity contribution in [2.75, 3.05) is 38.0 Å². The maximum absolute atomic E-state index is 12.6. The van der Waals surface area contributed by atoms with Crippen LogP contribution in [0, 0.1) is 5.92 Å². The molecule has 31 heavy (non-hydrogen) atoms. The Kier molecular flexibility index (Phi) is 6.42. The fourth-order valence-corrected chi connectivity index (χ4v) is 4.10. The van der Waals surface area contributed by atoms with Crippen molar-refractivity contribution in [3.63, 3.8) is 0 Å². The highest BCUT2D eigenvalue weighted by atomic mass is 32.2. The topological polar surface area (TPSA) is 113 Å². The van der Waals surface area contributed by atoms with Crippen LogP contribution in [0.1, 0.15) is 16.8 Å². The third-order valence-electron chi connectivity index (χ3n) is 5.00. The normalized spacial score (nSPS) is 16.5. The lowest BCUT2D eigenvalue weighted by molar-refractivity contribution is -0.122. The number of benzene rings is 2. The summed E-state index contributed by atoms with van der Waals surface area (Å²) in [6.07, 6.45) is 0.0455. The molecule has 1 aliphatic rings. The monoisotopic (exact) mass is 445 g/mol. The molecule has 0 radical (unpaired) electrons. The summed E-state index contributed by atoms with van der Waals surface area (Å²) in [5.41, 5.74) is 1.39. The summed E-state index contributed by atoms with van der Waals surface area (Å²) in [6.45, 7) is 0.185. The second kappa shape index (κ2) is 8.86. The number of carbonyl (C=O) groups excluding carboxylic acids is 3. The van der Waals surface area contributed by atoms with E-state index in [9.17, 15) is 22.8 Å². The van der Waals surface area contributed by atoms with Crippen LogP contribution in [0.5, 0.6) is 0 Å². The number of hydrogen-bond acceptors (Lipinski definition) is 6. The minimum absolute atomic E-state index is 0.0455. The number of esters is 1. The van der Waals surface area contributed by atoms with E-state index < -0.39 is 21.9 Å². The lowest BCUT2D eigenvalue weighted by Gasteiger charge is -2.18. The van der Waals surface area contributed by atoms with E-state index in [0.717, 1.165) is 4.31 Å². The fraction of sp³-hybridized carbons (Fsp3) is 0.286. The molecule has 9 nitrogen and oxygen atoms in total. The Morgan fingerprint density at radius 3 is 2.23 bits per heavy atom. The first-order valence-corrected chi connectivity index (χ1v) is 10.9. The number of anilines is 2. The molecule has 0 bridgehead atoms. The zero-order valence-electron chi connectivity index (χ0n) is 17.4. The first kappa shape index (κ1) is 22.4. The van der Waals surface area contributed by atoms with Gasteiger partial charge in [-0.25, -0.2) is 17.5 Å². The largest absolute Gasteiger partial charge is 0.465 e. The van der Waals surface area contributed by atoms with Gasteiger partial charge in [0.15, 0.2) is 0 Å². The lowest BCUT2D eigenvalue weighted by Crippen LogP contribution is -2.28. The van der Waals surface area contributed by atoms with Gasteiger partial charge in [0.05, 0.1) is 23.5 Å². The Bertz CT molecular complexity index is 1090. The highest BCUT2D eigenvalue weighted by molar-refractivity contribution is 7.89. The van der Waals surface area contributed by atoms with Gasteiger partial charge in [-0.05, 0) is 48.5 Å². The standard InChI is InChI=1S/C21H23N3O6S/c1-23(2)31(28,29)18-10-8-17(9-11-18)24-13-15(12-19(24)25)20(26)22-16-6-4-14(5-7-16)21(27)30-3/h4-11,15H,12-13H2,1-3H3,(H,22,26)/t15-/m0/s1. The number of rotatable bonds is 6. The van der Waals surface area contributed by atoms with Crippen LogP contribution in [0.2, 0.25) is 0 Å². The number of methoxy groups -OCH3 is 1. The number of amides is 2. The molecule has 10 heteroatoms. The maximum Gasteiger partial charge on any atom is 0.337 e. The molecule has 2 aromatic rings. The summed E-state index contributed by atoms with van der Waals surface area (Å²) < 4.78 is 30.1. The molecule has 1 N–H and O–H groups in total. The number of nitrogens with one attached hydrogen (secondary N) is 1. The number of ether oxygens (including phenoxy) is 1. The van der Waals surface area contributed by atoms with Gasteiger partial charge in [0.2, 0.25) is 21.8 Å². The first-order valence-electron chi connectivity index (χ1n) is 9.45. The molecular weight excluding hydrogens is 422 g/mol. The van der Waals surface area contributed by atoms with Crippen LogP contribution in [0.3, 0.4) is 0 Å². The number of sulfonamides is 1. The fourth-order valence-electron chi connectivity index (χ4n) is 3.19. The Labute approximate surface area is 180 Å². The minimum atomic E-state index is -3.56. The van der Waals surface area contributed by atoms with Gasteiger partial charge in [0.1, 0.15) is 0 Å². The summed E-state index contributed by atoms with van der Waals surface area (Å²) in [5, 5.41) is 2.75. The van der Waals surface area contributed by atoms with E-state index in [1.807, 2.05) is 0 Å². The molecule has 164 valence electrons. The third-order valence-corrected chi connectivity index (χ3v) is 6.83. The van der Waals surface area contributed by atoms with Crippen LogP contribution in [-0.2, 0) is 24.3 Å². The van der Waals surface area contributed by atoms with Crippen molar-refractivity contribution in [2.45, 2.75) is 11.3 Å². The molecule has 1 aliphatic heterocycles. The molecule has 1 atom stereocenters. The summed E-state index contributed by atoms with van der Waals surface area (Å²) in [7, 11) is 0.612. The average molecular weight is 445 g/mol. The smallest absolute Gasteiger partial charge is 0.337 e. The molecule has 1 fully saturated rings. The zero-order valence-corrected chi connectivity index (χ0v) is 18.2. The molecular formula is C21H23N3O6S. The van der Waals surface area contributed by atoms with Gasteiger partial charge >= 0.3 is 5.97 Å². The second-order valence-electron chi connectivity index (χ2n) is 7.24. The van der Waals surface area contributed by atoms with Gasteiger partial charge in [-0.15, -0.1) is 0 Å². The van der Waals surface area contributed by atoms with Crippen molar-refractivity contribution in [1.29, 1.82) is 0 Å². The Morgan fingerprint density at radius 1 is 1.06 bits per heavy atom. The molecule has 0 saturated carbocycles. The lowest BCUT2D eigenvalue weighted by atomic mass is 10.1. The third kappa shape index (κ3) is 4.75. The quantitative estimate of drug-likeness (QED) is 0.678. The van der Waals surface area contributed by atoms with Crippen molar-refractivity contribution >= 4 is 39.2 Å². The number of carbonyl (C=O) groups is 3. The molecule has 2 aromatic carbocycles. The van der Waals surface area contributed by atoms with Crippen molar-refractivity contribution in [2.24, 2.45) is 5.92 Å². The van der Waals surface area contributed by atoms with Crippen molar-refractivity contribution < 1.29 is 27.5 Å². The van der Waals surface area contributed by atoms with Crippen LogP contribution >= 0.6 is 0 Å².